The molecular weight excluding hydrogens is 445 g/mol. The molecule has 0 spiro atoms. The summed E-state index contributed by atoms with van der Waals surface area (Å²) in [5.74, 6) is -0.112. The number of benzene rings is 1. The summed E-state index contributed by atoms with van der Waals surface area (Å²) < 4.78 is 54.0. The molecule has 0 saturated carbocycles. The molecule has 0 radical (unpaired) electrons. The first-order chi connectivity index (χ1) is 15.9. The fourth-order valence-electron chi connectivity index (χ4n) is 4.72. The lowest BCUT2D eigenvalue weighted by molar-refractivity contribution is 0.0147. The minimum absolute atomic E-state index is 0.177. The van der Waals surface area contributed by atoms with Gasteiger partial charge in [-0.2, -0.15) is 5.10 Å². The van der Waals surface area contributed by atoms with Crippen LogP contribution in [0.3, 0.4) is 0 Å². The van der Waals surface area contributed by atoms with Gasteiger partial charge >= 0.3 is 0 Å². The number of piperidine rings is 1. The van der Waals surface area contributed by atoms with Crippen molar-refractivity contribution >= 4 is 16.1 Å². The third-order valence-electron chi connectivity index (χ3n) is 6.55. The largest absolute Gasteiger partial charge is 0.382 e. The van der Waals surface area contributed by atoms with Crippen LogP contribution in [0.4, 0.5) is 4.39 Å². The molecule has 9 heteroatoms. The summed E-state index contributed by atoms with van der Waals surface area (Å²) in [5.41, 5.74) is 3.53. The average Bonchev–Trinajstić information content (AvgIpc) is 3.21. The van der Waals surface area contributed by atoms with Crippen molar-refractivity contribution in [3.63, 3.8) is 0 Å². The molecule has 1 aliphatic heterocycles. The number of sulfonamides is 1. The van der Waals surface area contributed by atoms with Gasteiger partial charge < -0.3 is 9.47 Å². The van der Waals surface area contributed by atoms with E-state index in [1.54, 1.807) is 23.5 Å². The minimum atomic E-state index is -3.32. The predicted molar refractivity (Wildman–Crippen MR) is 125 cm³/mol. The van der Waals surface area contributed by atoms with E-state index in [0.717, 1.165) is 23.4 Å². The number of halogens is 1. The Kier molecular flexibility index (Phi) is 7.33. The SMILES string of the molecule is CCCCS(=O)(=O)N1CCC2=Cc3c(cnn3-c3ccc(F)cc3)C[C@]2(COCCOC)C1. The van der Waals surface area contributed by atoms with Crippen molar-refractivity contribution in [1.82, 2.24) is 14.1 Å². The number of methoxy groups -OCH3 is 1. The molecule has 4 rings (SSSR count). The summed E-state index contributed by atoms with van der Waals surface area (Å²) in [6.07, 6.45) is 6.75. The number of nitrogens with zero attached hydrogens (tertiary/aromatic N) is 3. The van der Waals surface area contributed by atoms with Crippen LogP contribution in [0.25, 0.3) is 11.8 Å². The van der Waals surface area contributed by atoms with Gasteiger partial charge in [-0.25, -0.2) is 21.8 Å². The van der Waals surface area contributed by atoms with Gasteiger partial charge in [-0.15, -0.1) is 0 Å². The molecule has 0 bridgehead atoms. The lowest BCUT2D eigenvalue weighted by Crippen LogP contribution is -2.52. The Balaban J connectivity index is 1.65. The van der Waals surface area contributed by atoms with Gasteiger partial charge in [0.1, 0.15) is 5.82 Å². The maximum Gasteiger partial charge on any atom is 0.214 e. The predicted octanol–water partition coefficient (Wildman–Crippen LogP) is 3.44. The fraction of sp³-hybridized carbons (Fsp3) is 0.542. The topological polar surface area (TPSA) is 73.7 Å². The van der Waals surface area contributed by atoms with Crippen molar-refractivity contribution in [3.8, 4) is 5.69 Å². The zero-order valence-electron chi connectivity index (χ0n) is 19.3. The molecule has 1 aromatic heterocycles. The van der Waals surface area contributed by atoms with Crippen LogP contribution in [0, 0.1) is 11.2 Å². The quantitative estimate of drug-likeness (QED) is 0.490. The fourth-order valence-corrected chi connectivity index (χ4v) is 6.44. The second-order valence-electron chi connectivity index (χ2n) is 8.87. The van der Waals surface area contributed by atoms with Gasteiger partial charge in [-0.3, -0.25) is 0 Å². The molecule has 2 aromatic rings. The Morgan fingerprint density at radius 1 is 1.21 bits per heavy atom. The molecule has 1 atom stereocenters. The molecule has 2 aliphatic rings. The molecule has 0 amide bonds. The zero-order chi connectivity index (χ0) is 23.5. The number of aromatic nitrogens is 2. The third-order valence-corrected chi connectivity index (χ3v) is 8.45. The van der Waals surface area contributed by atoms with Crippen LogP contribution in [-0.4, -0.2) is 68.3 Å². The number of ether oxygens (including phenoxy) is 2. The van der Waals surface area contributed by atoms with Crippen molar-refractivity contribution in [3.05, 3.63) is 53.1 Å². The molecule has 1 aromatic carbocycles. The van der Waals surface area contributed by atoms with Crippen LogP contribution in [0.5, 0.6) is 0 Å². The molecule has 33 heavy (non-hydrogen) atoms. The first-order valence-electron chi connectivity index (χ1n) is 11.5. The lowest BCUT2D eigenvalue weighted by Gasteiger charge is -2.46. The summed E-state index contributed by atoms with van der Waals surface area (Å²) in [5, 5.41) is 4.56. The molecule has 1 fully saturated rings. The number of unbranched alkanes of at least 4 members (excludes halogenated alkanes) is 1. The van der Waals surface area contributed by atoms with Gasteiger partial charge in [-0.1, -0.05) is 18.9 Å². The van der Waals surface area contributed by atoms with E-state index < -0.39 is 15.4 Å². The monoisotopic (exact) mass is 477 g/mol. The van der Waals surface area contributed by atoms with Crippen LogP contribution in [0.2, 0.25) is 0 Å². The van der Waals surface area contributed by atoms with Crippen molar-refractivity contribution in [2.24, 2.45) is 5.41 Å². The Hall–Kier alpha value is -2.07. The summed E-state index contributed by atoms with van der Waals surface area (Å²) in [6.45, 7) is 4.23. The van der Waals surface area contributed by atoms with Crippen molar-refractivity contribution < 1.29 is 22.3 Å². The smallest absolute Gasteiger partial charge is 0.214 e. The highest BCUT2D eigenvalue weighted by Crippen LogP contribution is 2.45. The normalized spacial score (nSPS) is 20.9. The third kappa shape index (κ3) is 5.06. The molecule has 0 N–H and O–H groups in total. The molecule has 0 unspecified atom stereocenters. The van der Waals surface area contributed by atoms with Crippen LogP contribution < -0.4 is 0 Å². The first kappa shape index (κ1) is 24.1. The van der Waals surface area contributed by atoms with Crippen LogP contribution in [0.1, 0.15) is 37.4 Å². The minimum Gasteiger partial charge on any atom is -0.382 e. The van der Waals surface area contributed by atoms with E-state index >= 15 is 0 Å². The average molecular weight is 478 g/mol. The second kappa shape index (κ2) is 10.0. The Bertz CT molecular complexity index is 1100. The molecule has 180 valence electrons. The van der Waals surface area contributed by atoms with E-state index in [1.165, 1.54) is 17.7 Å². The maximum absolute atomic E-state index is 13.4. The first-order valence-corrected chi connectivity index (χ1v) is 13.1. The van der Waals surface area contributed by atoms with E-state index in [2.05, 4.69) is 11.2 Å². The summed E-state index contributed by atoms with van der Waals surface area (Å²) in [7, 11) is -1.69. The number of hydrogen-bond acceptors (Lipinski definition) is 5. The Morgan fingerprint density at radius 2 is 2.00 bits per heavy atom. The maximum atomic E-state index is 13.4. The van der Waals surface area contributed by atoms with Crippen LogP contribution in [-0.2, 0) is 25.9 Å². The number of hydrogen-bond donors (Lipinski definition) is 0. The van der Waals surface area contributed by atoms with Gasteiger partial charge in [0, 0.05) is 25.6 Å². The Labute approximate surface area is 195 Å². The zero-order valence-corrected chi connectivity index (χ0v) is 20.1. The van der Waals surface area contributed by atoms with Crippen molar-refractivity contribution in [2.75, 3.05) is 45.8 Å². The summed E-state index contributed by atoms with van der Waals surface area (Å²) >= 11 is 0. The summed E-state index contributed by atoms with van der Waals surface area (Å²) in [6, 6.07) is 6.26. The van der Waals surface area contributed by atoms with Gasteiger partial charge in [0.2, 0.25) is 10.0 Å². The van der Waals surface area contributed by atoms with Gasteiger partial charge in [0.15, 0.2) is 0 Å². The van der Waals surface area contributed by atoms with Crippen molar-refractivity contribution in [1.29, 1.82) is 0 Å². The Morgan fingerprint density at radius 3 is 2.73 bits per heavy atom. The van der Waals surface area contributed by atoms with Crippen molar-refractivity contribution in [2.45, 2.75) is 32.6 Å². The highest BCUT2D eigenvalue weighted by atomic mass is 32.2. The van der Waals surface area contributed by atoms with E-state index in [1.807, 2.05) is 17.8 Å². The molecule has 1 aliphatic carbocycles. The molecule has 1 saturated heterocycles. The van der Waals surface area contributed by atoms with Gasteiger partial charge in [0.25, 0.3) is 0 Å². The highest BCUT2D eigenvalue weighted by molar-refractivity contribution is 7.89. The van der Waals surface area contributed by atoms with Gasteiger partial charge in [0.05, 0.1) is 43.2 Å². The van der Waals surface area contributed by atoms with E-state index in [0.29, 0.717) is 52.2 Å². The number of fused-ring (bicyclic) bond motifs is 2. The van der Waals surface area contributed by atoms with Crippen LogP contribution >= 0.6 is 0 Å². The molecule has 2 heterocycles. The standard InChI is InChI=1S/C24H32FN3O4S/c1-3-4-13-33(29,30)27-10-9-20-14-23-19(15-24(20,17-27)18-32-12-11-31-2)16-26-28(23)22-7-5-21(25)6-8-22/h5-8,14,16H,3-4,9-13,15,17-18H2,1-2H3/t24-/m1/s1. The number of rotatable bonds is 10. The van der Waals surface area contributed by atoms with E-state index in [4.69, 9.17) is 9.47 Å². The molecular formula is C24H32FN3O4S. The van der Waals surface area contributed by atoms with Gasteiger partial charge in [-0.05, 0) is 55.2 Å². The second-order valence-corrected chi connectivity index (χ2v) is 11.0. The highest BCUT2D eigenvalue weighted by Gasteiger charge is 2.45. The van der Waals surface area contributed by atoms with E-state index in [-0.39, 0.29) is 11.6 Å². The summed E-state index contributed by atoms with van der Waals surface area (Å²) in [4.78, 5) is 0. The lowest BCUT2D eigenvalue weighted by atomic mass is 9.69. The van der Waals surface area contributed by atoms with E-state index in [9.17, 15) is 12.8 Å². The molecule has 7 nitrogen and oxygen atoms in total. The van der Waals surface area contributed by atoms with Crippen LogP contribution in [0.15, 0.2) is 36.0 Å².